The Morgan fingerprint density at radius 3 is 2.72 bits per heavy atom. The van der Waals surface area contributed by atoms with Crippen LogP contribution in [0.3, 0.4) is 0 Å². The predicted octanol–water partition coefficient (Wildman–Crippen LogP) is 2.47. The smallest absolute Gasteiger partial charge is 0.266 e. The van der Waals surface area contributed by atoms with Crippen LogP contribution in [0.15, 0.2) is 50.0 Å². The molecular formula is C20H20N4O5. The van der Waals surface area contributed by atoms with E-state index < -0.39 is 6.10 Å². The van der Waals surface area contributed by atoms with Gasteiger partial charge in [0.15, 0.2) is 5.76 Å². The van der Waals surface area contributed by atoms with Crippen molar-refractivity contribution in [3.63, 3.8) is 0 Å². The first-order valence-electron chi connectivity index (χ1n) is 9.34. The number of hydrogen-bond acceptors (Lipinski definition) is 8. The fourth-order valence-corrected chi connectivity index (χ4v) is 3.37. The zero-order valence-electron chi connectivity index (χ0n) is 15.6. The molecule has 2 N–H and O–H groups in total. The van der Waals surface area contributed by atoms with E-state index in [0.717, 1.165) is 0 Å². The summed E-state index contributed by atoms with van der Waals surface area (Å²) in [7, 11) is 0. The Morgan fingerprint density at radius 1 is 1.31 bits per heavy atom. The summed E-state index contributed by atoms with van der Waals surface area (Å²) in [5, 5.41) is 22.2. The monoisotopic (exact) mass is 396 g/mol. The number of nitriles is 1. The van der Waals surface area contributed by atoms with Crippen LogP contribution >= 0.6 is 0 Å². The van der Waals surface area contributed by atoms with Gasteiger partial charge in [0.2, 0.25) is 17.5 Å². The second kappa shape index (κ2) is 8.24. The average molecular weight is 396 g/mol. The maximum absolute atomic E-state index is 12.4. The molecule has 0 aromatic carbocycles. The average Bonchev–Trinajstić information content (AvgIpc) is 3.52. The number of aromatic nitrogens is 1. The second-order valence-electron chi connectivity index (χ2n) is 6.80. The van der Waals surface area contributed by atoms with Crippen molar-refractivity contribution in [2.75, 3.05) is 24.5 Å². The maximum Gasteiger partial charge on any atom is 0.266 e. The van der Waals surface area contributed by atoms with Gasteiger partial charge in [0, 0.05) is 19.0 Å². The Bertz CT molecular complexity index is 979. The minimum atomic E-state index is -0.874. The fourth-order valence-electron chi connectivity index (χ4n) is 3.37. The molecule has 1 aliphatic heterocycles. The van der Waals surface area contributed by atoms with Gasteiger partial charge in [-0.05, 0) is 37.1 Å². The molecule has 1 saturated heterocycles. The first-order valence-corrected chi connectivity index (χ1v) is 9.34. The van der Waals surface area contributed by atoms with Gasteiger partial charge in [0.05, 0.1) is 19.1 Å². The van der Waals surface area contributed by atoms with Crippen LogP contribution in [0.5, 0.6) is 0 Å². The molecule has 1 fully saturated rings. The number of furan rings is 2. The van der Waals surface area contributed by atoms with E-state index in [-0.39, 0.29) is 30.0 Å². The standard InChI is InChI=1S/C20H20N4O5/c21-11-14-20(29-19(23-14)17-4-2-10-28-17)24-7-5-13(6-8-24)18(26)22-12-15(25)16-3-1-9-27-16/h1-4,9-10,13,15,25H,5-8,12H2,(H,22,26). The van der Waals surface area contributed by atoms with Crippen LogP contribution in [0, 0.1) is 17.2 Å². The van der Waals surface area contributed by atoms with Gasteiger partial charge in [0.25, 0.3) is 5.89 Å². The van der Waals surface area contributed by atoms with Crippen LogP contribution in [0.4, 0.5) is 5.88 Å². The molecule has 0 saturated carbocycles. The molecule has 29 heavy (non-hydrogen) atoms. The molecule has 1 aliphatic rings. The number of rotatable bonds is 6. The summed E-state index contributed by atoms with van der Waals surface area (Å²) in [6.07, 6.45) is 3.32. The van der Waals surface area contributed by atoms with Crippen molar-refractivity contribution < 1.29 is 23.2 Å². The molecule has 1 atom stereocenters. The SMILES string of the molecule is N#Cc1nc(-c2ccco2)oc1N1CCC(C(=O)NCC(O)c2ccco2)CC1. The van der Waals surface area contributed by atoms with Gasteiger partial charge in [-0.2, -0.15) is 10.2 Å². The predicted molar refractivity (Wildman–Crippen MR) is 101 cm³/mol. The summed E-state index contributed by atoms with van der Waals surface area (Å²) < 4.78 is 16.2. The topological polar surface area (TPSA) is 129 Å². The molecule has 0 bridgehead atoms. The number of nitrogens with zero attached hydrogens (tertiary/aromatic N) is 3. The number of hydrogen-bond donors (Lipinski definition) is 2. The summed E-state index contributed by atoms with van der Waals surface area (Å²) >= 11 is 0. The minimum Gasteiger partial charge on any atom is -0.467 e. The Labute approximate surface area is 166 Å². The van der Waals surface area contributed by atoms with E-state index in [1.807, 2.05) is 4.90 Å². The highest BCUT2D eigenvalue weighted by Crippen LogP contribution is 2.31. The van der Waals surface area contributed by atoms with Crippen LogP contribution < -0.4 is 10.2 Å². The number of aliphatic hydroxyl groups excluding tert-OH is 1. The Morgan fingerprint density at radius 2 is 2.07 bits per heavy atom. The van der Waals surface area contributed by atoms with Gasteiger partial charge in [-0.25, -0.2) is 0 Å². The number of nitrogens with one attached hydrogen (secondary N) is 1. The fraction of sp³-hybridized carbons (Fsp3) is 0.350. The van der Waals surface area contributed by atoms with Crippen molar-refractivity contribution >= 4 is 11.8 Å². The van der Waals surface area contributed by atoms with Crippen LogP contribution in [0.25, 0.3) is 11.7 Å². The van der Waals surface area contributed by atoms with Crippen molar-refractivity contribution in [3.05, 3.63) is 48.2 Å². The molecule has 4 heterocycles. The lowest BCUT2D eigenvalue weighted by Gasteiger charge is -2.31. The van der Waals surface area contributed by atoms with Gasteiger partial charge in [-0.3, -0.25) is 4.79 Å². The molecule has 3 aromatic rings. The van der Waals surface area contributed by atoms with Gasteiger partial charge < -0.3 is 28.6 Å². The number of aliphatic hydroxyl groups is 1. The molecule has 3 aromatic heterocycles. The summed E-state index contributed by atoms with van der Waals surface area (Å²) in [4.78, 5) is 18.5. The summed E-state index contributed by atoms with van der Waals surface area (Å²) in [6.45, 7) is 1.21. The van der Waals surface area contributed by atoms with Gasteiger partial charge in [0.1, 0.15) is 17.9 Å². The van der Waals surface area contributed by atoms with E-state index in [9.17, 15) is 15.2 Å². The second-order valence-corrected chi connectivity index (χ2v) is 6.80. The highest BCUT2D eigenvalue weighted by Gasteiger charge is 2.29. The molecule has 1 unspecified atom stereocenters. The molecule has 9 nitrogen and oxygen atoms in total. The quantitative estimate of drug-likeness (QED) is 0.650. The highest BCUT2D eigenvalue weighted by atomic mass is 16.4. The molecule has 0 spiro atoms. The van der Waals surface area contributed by atoms with Crippen LogP contribution in [-0.4, -0.2) is 35.6 Å². The van der Waals surface area contributed by atoms with Gasteiger partial charge in [-0.15, -0.1) is 0 Å². The summed E-state index contributed by atoms with van der Waals surface area (Å²) in [5.41, 5.74) is 0.195. The van der Waals surface area contributed by atoms with Gasteiger partial charge in [-0.1, -0.05) is 0 Å². The molecule has 1 amide bonds. The maximum atomic E-state index is 12.4. The minimum absolute atomic E-state index is 0.0970. The number of carbonyl (C=O) groups excluding carboxylic acids is 1. The zero-order chi connectivity index (χ0) is 20.2. The molecule has 0 radical (unpaired) electrons. The zero-order valence-corrected chi connectivity index (χ0v) is 15.6. The third kappa shape index (κ3) is 4.02. The largest absolute Gasteiger partial charge is 0.467 e. The Balaban J connectivity index is 1.33. The van der Waals surface area contributed by atoms with E-state index in [1.165, 1.54) is 12.5 Å². The Hall–Kier alpha value is -3.51. The van der Waals surface area contributed by atoms with Crippen LogP contribution in [0.2, 0.25) is 0 Å². The number of carbonyl (C=O) groups is 1. The number of piperidine rings is 1. The summed E-state index contributed by atoms with van der Waals surface area (Å²) in [6, 6.07) is 8.83. The third-order valence-corrected chi connectivity index (χ3v) is 4.94. The molecule has 0 aliphatic carbocycles. The van der Waals surface area contributed by atoms with E-state index in [0.29, 0.717) is 43.3 Å². The number of amides is 1. The third-order valence-electron chi connectivity index (χ3n) is 4.94. The number of oxazole rings is 1. The van der Waals surface area contributed by atoms with Crippen molar-refractivity contribution in [1.29, 1.82) is 5.26 Å². The Kier molecular flexibility index (Phi) is 5.35. The van der Waals surface area contributed by atoms with Crippen molar-refractivity contribution in [3.8, 4) is 17.7 Å². The van der Waals surface area contributed by atoms with E-state index in [1.54, 1.807) is 24.3 Å². The molecule has 9 heteroatoms. The van der Waals surface area contributed by atoms with Crippen molar-refractivity contribution in [1.82, 2.24) is 10.3 Å². The molecular weight excluding hydrogens is 376 g/mol. The van der Waals surface area contributed by atoms with E-state index >= 15 is 0 Å². The van der Waals surface area contributed by atoms with Crippen LogP contribution in [-0.2, 0) is 4.79 Å². The van der Waals surface area contributed by atoms with Crippen LogP contribution in [0.1, 0.15) is 30.4 Å². The normalized spacial score (nSPS) is 15.8. The lowest BCUT2D eigenvalue weighted by Crippen LogP contribution is -2.41. The van der Waals surface area contributed by atoms with Gasteiger partial charge >= 0.3 is 0 Å². The first-order chi connectivity index (χ1) is 14.2. The lowest BCUT2D eigenvalue weighted by atomic mass is 9.96. The van der Waals surface area contributed by atoms with E-state index in [4.69, 9.17) is 13.3 Å². The molecule has 150 valence electrons. The number of anilines is 1. The first kappa shape index (κ1) is 18.8. The molecule has 4 rings (SSSR count). The summed E-state index contributed by atoms with van der Waals surface area (Å²) in [5.74, 6) is 1.25. The van der Waals surface area contributed by atoms with E-state index in [2.05, 4.69) is 16.4 Å². The lowest BCUT2D eigenvalue weighted by molar-refractivity contribution is -0.126. The van der Waals surface area contributed by atoms with Crippen molar-refractivity contribution in [2.45, 2.75) is 18.9 Å². The van der Waals surface area contributed by atoms with Crippen molar-refractivity contribution in [2.24, 2.45) is 5.92 Å². The highest BCUT2D eigenvalue weighted by molar-refractivity contribution is 5.79.